The number of benzene rings is 1. The molecule has 0 radical (unpaired) electrons. The Morgan fingerprint density at radius 2 is 2.06 bits per heavy atom. The van der Waals surface area contributed by atoms with Crippen molar-refractivity contribution in [2.75, 3.05) is 11.9 Å². The van der Waals surface area contributed by atoms with Gasteiger partial charge in [0.2, 0.25) is 0 Å². The fourth-order valence-electron chi connectivity index (χ4n) is 2.23. The van der Waals surface area contributed by atoms with Crippen LogP contribution in [0.3, 0.4) is 0 Å². The van der Waals surface area contributed by atoms with Gasteiger partial charge in [-0.15, -0.1) is 11.3 Å². The lowest BCUT2D eigenvalue weighted by Gasteiger charge is -2.06. The number of nitrogens with zero attached hydrogens (tertiary/aromatic N) is 1. The van der Waals surface area contributed by atoms with E-state index in [-0.39, 0.29) is 0 Å². The highest BCUT2D eigenvalue weighted by Crippen LogP contribution is 2.28. The molecule has 1 aromatic carbocycles. The average Bonchev–Trinajstić information content (AvgIpc) is 2.84. The van der Waals surface area contributed by atoms with Crippen molar-refractivity contribution < 1.29 is 4.74 Å². The van der Waals surface area contributed by atoms with Gasteiger partial charge in [-0.25, -0.2) is 4.98 Å². The lowest BCUT2D eigenvalue weighted by Crippen LogP contribution is -1.98. The van der Waals surface area contributed by atoms with Crippen molar-refractivity contribution in [1.29, 1.82) is 0 Å². The van der Waals surface area contributed by atoms with Crippen molar-refractivity contribution in [3.8, 4) is 5.75 Å². The van der Waals surface area contributed by atoms with Crippen molar-refractivity contribution >= 4 is 17.2 Å². The van der Waals surface area contributed by atoms with Gasteiger partial charge in [-0.05, 0) is 37.1 Å². The Morgan fingerprint density at radius 3 is 2.78 bits per heavy atom. The molecule has 0 atom stereocenters. The Balaban J connectivity index is 1.70. The Labute approximate surface area is 111 Å². The fourth-order valence-corrected chi connectivity index (χ4v) is 3.18. The summed E-state index contributed by atoms with van der Waals surface area (Å²) in [6.45, 7) is 5.75. The minimum Gasteiger partial charge on any atom is -0.486 e. The number of fused-ring (bicyclic) bond motifs is 1. The first-order chi connectivity index (χ1) is 8.70. The highest BCUT2D eigenvalue weighted by molar-refractivity contribution is 7.12. The summed E-state index contributed by atoms with van der Waals surface area (Å²) in [6, 6.07) is 6.27. The molecule has 0 fully saturated rings. The van der Waals surface area contributed by atoms with Crippen LogP contribution in [0.2, 0.25) is 0 Å². The number of anilines is 1. The zero-order valence-electron chi connectivity index (χ0n) is 10.6. The zero-order chi connectivity index (χ0) is 12.5. The van der Waals surface area contributed by atoms with Gasteiger partial charge < -0.3 is 10.1 Å². The van der Waals surface area contributed by atoms with Crippen molar-refractivity contribution in [3.63, 3.8) is 0 Å². The molecule has 0 amide bonds. The molecule has 4 heteroatoms. The van der Waals surface area contributed by atoms with Crippen molar-refractivity contribution in [2.45, 2.75) is 26.9 Å². The molecule has 0 aliphatic carbocycles. The van der Waals surface area contributed by atoms with Crippen LogP contribution in [0.1, 0.15) is 21.0 Å². The average molecular weight is 260 g/mol. The molecule has 1 aliphatic heterocycles. The second-order valence-electron chi connectivity index (χ2n) is 4.67. The topological polar surface area (TPSA) is 34.1 Å². The van der Waals surface area contributed by atoms with Crippen molar-refractivity contribution in [2.24, 2.45) is 0 Å². The summed E-state index contributed by atoms with van der Waals surface area (Å²) in [5, 5.41) is 4.33. The number of rotatable bonds is 3. The third-order valence-corrected chi connectivity index (χ3v) is 4.03. The van der Waals surface area contributed by atoms with Crippen molar-refractivity contribution in [3.05, 3.63) is 39.2 Å². The lowest BCUT2D eigenvalue weighted by atomic mass is 10.1. The monoisotopic (exact) mass is 260 g/mol. The van der Waals surface area contributed by atoms with Gasteiger partial charge >= 0.3 is 0 Å². The van der Waals surface area contributed by atoms with E-state index < -0.39 is 0 Å². The van der Waals surface area contributed by atoms with Crippen LogP contribution >= 0.6 is 11.3 Å². The van der Waals surface area contributed by atoms with Gasteiger partial charge in [0, 0.05) is 13.0 Å². The fraction of sp³-hybridized carbons (Fsp3) is 0.357. The predicted octanol–water partition coefficient (Wildman–Crippen LogP) is 3.31. The molecule has 18 heavy (non-hydrogen) atoms. The zero-order valence-corrected chi connectivity index (χ0v) is 11.4. The first kappa shape index (κ1) is 11.5. The number of hydrogen-bond donors (Lipinski definition) is 1. The largest absolute Gasteiger partial charge is 0.486 e. The van der Waals surface area contributed by atoms with Crippen LogP contribution in [0.5, 0.6) is 5.75 Å². The van der Waals surface area contributed by atoms with E-state index in [9.17, 15) is 0 Å². The molecular formula is C14H16N2OS. The third kappa shape index (κ3) is 2.34. The van der Waals surface area contributed by atoms with Gasteiger partial charge in [0.25, 0.3) is 0 Å². The molecule has 2 aromatic rings. The molecule has 3 nitrogen and oxygen atoms in total. The third-order valence-electron chi connectivity index (χ3n) is 2.94. The SMILES string of the molecule is Cc1cc(C)cc(OCc2nc3c(s2)CCN3)c1. The van der Waals surface area contributed by atoms with E-state index >= 15 is 0 Å². The molecule has 1 aromatic heterocycles. The van der Waals surface area contributed by atoms with E-state index in [1.54, 1.807) is 11.3 Å². The van der Waals surface area contributed by atoms with Gasteiger partial charge in [-0.1, -0.05) is 6.07 Å². The van der Waals surface area contributed by atoms with E-state index in [0.29, 0.717) is 6.61 Å². The van der Waals surface area contributed by atoms with E-state index in [1.165, 1.54) is 16.0 Å². The number of aromatic nitrogens is 1. The molecule has 0 spiro atoms. The molecule has 0 bridgehead atoms. The summed E-state index contributed by atoms with van der Waals surface area (Å²) in [7, 11) is 0. The molecular weight excluding hydrogens is 244 g/mol. The first-order valence-corrected chi connectivity index (χ1v) is 6.96. The molecule has 0 unspecified atom stereocenters. The van der Waals surface area contributed by atoms with E-state index in [4.69, 9.17) is 4.74 Å². The minimum absolute atomic E-state index is 0.558. The van der Waals surface area contributed by atoms with Crippen LogP contribution in [0.25, 0.3) is 0 Å². The molecule has 2 heterocycles. The Morgan fingerprint density at radius 1 is 1.28 bits per heavy atom. The van der Waals surface area contributed by atoms with Gasteiger partial charge in [-0.3, -0.25) is 0 Å². The Bertz CT molecular complexity index is 535. The highest BCUT2D eigenvalue weighted by Gasteiger charge is 2.16. The summed E-state index contributed by atoms with van der Waals surface area (Å²) >= 11 is 1.75. The van der Waals surface area contributed by atoms with Crippen LogP contribution in [-0.2, 0) is 13.0 Å². The van der Waals surface area contributed by atoms with E-state index in [2.05, 4.69) is 42.3 Å². The Kier molecular flexibility index (Phi) is 2.96. The van der Waals surface area contributed by atoms with Crippen LogP contribution in [0, 0.1) is 13.8 Å². The Hall–Kier alpha value is -1.55. The maximum absolute atomic E-state index is 5.81. The molecule has 94 valence electrons. The lowest BCUT2D eigenvalue weighted by molar-refractivity contribution is 0.305. The predicted molar refractivity (Wildman–Crippen MR) is 74.6 cm³/mol. The van der Waals surface area contributed by atoms with E-state index in [0.717, 1.165) is 29.5 Å². The number of hydrogen-bond acceptors (Lipinski definition) is 4. The van der Waals surface area contributed by atoms with Gasteiger partial charge in [-0.2, -0.15) is 0 Å². The van der Waals surface area contributed by atoms with Gasteiger partial charge in [0.05, 0.1) is 4.88 Å². The second-order valence-corrected chi connectivity index (χ2v) is 5.84. The normalized spacial score (nSPS) is 13.2. The number of nitrogens with one attached hydrogen (secondary N) is 1. The molecule has 0 saturated heterocycles. The van der Waals surface area contributed by atoms with Crippen LogP contribution in [-0.4, -0.2) is 11.5 Å². The number of ether oxygens (including phenoxy) is 1. The van der Waals surface area contributed by atoms with Crippen LogP contribution in [0.4, 0.5) is 5.82 Å². The van der Waals surface area contributed by atoms with Gasteiger partial charge in [0.1, 0.15) is 23.2 Å². The molecule has 1 N–H and O–H groups in total. The maximum Gasteiger partial charge on any atom is 0.140 e. The highest BCUT2D eigenvalue weighted by atomic mass is 32.1. The maximum atomic E-state index is 5.81. The van der Waals surface area contributed by atoms with Gasteiger partial charge in [0.15, 0.2) is 0 Å². The molecule has 1 aliphatic rings. The summed E-state index contributed by atoms with van der Waals surface area (Å²) in [4.78, 5) is 5.89. The number of aryl methyl sites for hydroxylation is 2. The van der Waals surface area contributed by atoms with E-state index in [1.807, 2.05) is 0 Å². The summed E-state index contributed by atoms with van der Waals surface area (Å²) in [6.07, 6.45) is 1.09. The summed E-state index contributed by atoms with van der Waals surface area (Å²) in [5.41, 5.74) is 2.46. The quantitative estimate of drug-likeness (QED) is 0.919. The van der Waals surface area contributed by atoms with Crippen LogP contribution in [0.15, 0.2) is 18.2 Å². The first-order valence-electron chi connectivity index (χ1n) is 6.14. The molecule has 0 saturated carbocycles. The number of thiazole rings is 1. The summed E-state index contributed by atoms with van der Waals surface area (Å²) in [5.74, 6) is 1.98. The smallest absolute Gasteiger partial charge is 0.140 e. The summed E-state index contributed by atoms with van der Waals surface area (Å²) < 4.78 is 5.81. The standard InChI is InChI=1S/C14H16N2OS/c1-9-5-10(2)7-11(6-9)17-8-13-16-14-12(18-13)3-4-15-14/h5-7,15H,3-4,8H2,1-2H3. The van der Waals surface area contributed by atoms with Crippen LogP contribution < -0.4 is 10.1 Å². The van der Waals surface area contributed by atoms with Crippen molar-refractivity contribution in [1.82, 2.24) is 4.98 Å². The minimum atomic E-state index is 0.558. The molecule has 3 rings (SSSR count). The second kappa shape index (κ2) is 4.61.